The van der Waals surface area contributed by atoms with Crippen LogP contribution in [-0.4, -0.2) is 13.6 Å². The van der Waals surface area contributed by atoms with Gasteiger partial charge in [-0.05, 0) is 20.0 Å². The van der Waals surface area contributed by atoms with Gasteiger partial charge in [0.15, 0.2) is 0 Å². The Balaban J connectivity index is 0.00000112. The average Bonchev–Trinajstić information content (AvgIpc) is 2.51. The van der Waals surface area contributed by atoms with Crippen molar-refractivity contribution >= 4 is 0 Å². The molecular weight excluding hydrogens is 259 g/mol. The van der Waals surface area contributed by atoms with Crippen molar-refractivity contribution in [1.82, 2.24) is 5.32 Å². The standard InChI is InChI=1S/C13H16N.Y/c1-10-9-11-5-3-4-6-13(11)12(10)7-8-14-2;/h3-6,12,14H,7-8H2,1-2H3;/q-1;. The molecule has 1 aromatic rings. The maximum Gasteiger partial charge on any atom is 0 e. The van der Waals surface area contributed by atoms with Crippen LogP contribution in [0.25, 0.3) is 0 Å². The van der Waals surface area contributed by atoms with Gasteiger partial charge in [-0.15, -0.1) is 23.3 Å². The van der Waals surface area contributed by atoms with Crippen molar-refractivity contribution < 1.29 is 32.7 Å². The Hall–Kier alpha value is 0.0239. The summed E-state index contributed by atoms with van der Waals surface area (Å²) in [5.41, 5.74) is 4.10. The van der Waals surface area contributed by atoms with Crippen molar-refractivity contribution in [3.05, 3.63) is 47.0 Å². The van der Waals surface area contributed by atoms with Gasteiger partial charge in [0.05, 0.1) is 0 Å². The number of benzene rings is 1. The first-order chi connectivity index (χ1) is 6.83. The van der Waals surface area contributed by atoms with Gasteiger partial charge in [0.2, 0.25) is 0 Å². The maximum atomic E-state index is 3.45. The van der Waals surface area contributed by atoms with E-state index in [2.05, 4.69) is 42.6 Å². The van der Waals surface area contributed by atoms with E-state index in [1.165, 1.54) is 23.1 Å². The molecule has 1 N–H and O–H groups in total. The average molecular weight is 275 g/mol. The molecule has 1 aromatic carbocycles. The zero-order chi connectivity index (χ0) is 9.97. The van der Waals surface area contributed by atoms with Crippen molar-refractivity contribution in [3.63, 3.8) is 0 Å². The monoisotopic (exact) mass is 275 g/mol. The molecule has 0 heterocycles. The van der Waals surface area contributed by atoms with Crippen LogP contribution in [0.2, 0.25) is 0 Å². The Kier molecular flexibility index (Phi) is 5.18. The molecule has 77 valence electrons. The van der Waals surface area contributed by atoms with Gasteiger partial charge in [-0.1, -0.05) is 18.9 Å². The molecule has 1 aliphatic rings. The molecule has 1 atom stereocenters. The van der Waals surface area contributed by atoms with Gasteiger partial charge < -0.3 is 5.32 Å². The molecule has 0 saturated heterocycles. The summed E-state index contributed by atoms with van der Waals surface area (Å²) in [5, 5.41) is 3.20. The number of nitrogens with one attached hydrogen (secondary N) is 1. The SMILES string of the molecule is CNCCC1C(C)=[C-]c2ccccc21.[Y]. The fourth-order valence-electron chi connectivity index (χ4n) is 2.11. The number of fused-ring (bicyclic) bond motifs is 1. The Labute approximate surface area is 117 Å². The van der Waals surface area contributed by atoms with Crippen LogP contribution in [0.5, 0.6) is 0 Å². The quantitative estimate of drug-likeness (QED) is 0.836. The molecule has 0 saturated carbocycles. The molecule has 15 heavy (non-hydrogen) atoms. The van der Waals surface area contributed by atoms with Crippen molar-refractivity contribution in [2.24, 2.45) is 0 Å². The van der Waals surface area contributed by atoms with Crippen LogP contribution in [-0.2, 0) is 32.7 Å². The second kappa shape index (κ2) is 5.93. The molecule has 0 fully saturated rings. The van der Waals surface area contributed by atoms with E-state index < -0.39 is 0 Å². The Bertz CT molecular complexity index is 357. The van der Waals surface area contributed by atoms with Crippen LogP contribution in [0.3, 0.4) is 0 Å². The van der Waals surface area contributed by atoms with E-state index in [-0.39, 0.29) is 32.7 Å². The molecule has 0 amide bonds. The topological polar surface area (TPSA) is 12.0 Å². The molecule has 0 spiro atoms. The number of rotatable bonds is 3. The van der Waals surface area contributed by atoms with Gasteiger partial charge in [-0.3, -0.25) is 0 Å². The first kappa shape index (κ1) is 13.1. The predicted molar refractivity (Wildman–Crippen MR) is 59.3 cm³/mol. The molecule has 1 radical (unpaired) electrons. The molecular formula is C13H16NY-. The summed E-state index contributed by atoms with van der Waals surface area (Å²) in [6.45, 7) is 3.25. The summed E-state index contributed by atoms with van der Waals surface area (Å²) >= 11 is 0. The third-order valence-electron chi connectivity index (χ3n) is 2.87. The third kappa shape index (κ3) is 2.78. The molecule has 2 heteroatoms. The number of hydrogen-bond acceptors (Lipinski definition) is 1. The van der Waals surface area contributed by atoms with Gasteiger partial charge in [-0.2, -0.15) is 17.7 Å². The largest absolute Gasteiger partial charge is 0.320 e. The third-order valence-corrected chi connectivity index (χ3v) is 2.87. The zero-order valence-electron chi connectivity index (χ0n) is 9.38. The van der Waals surface area contributed by atoms with Crippen molar-refractivity contribution in [2.45, 2.75) is 19.3 Å². The summed E-state index contributed by atoms with van der Waals surface area (Å²) in [6.07, 6.45) is 4.62. The van der Waals surface area contributed by atoms with Crippen LogP contribution in [0.1, 0.15) is 30.4 Å². The molecule has 1 aliphatic carbocycles. The summed E-state index contributed by atoms with van der Waals surface area (Å²) in [6, 6.07) is 8.57. The first-order valence-electron chi connectivity index (χ1n) is 5.17. The minimum Gasteiger partial charge on any atom is -0.320 e. The van der Waals surface area contributed by atoms with E-state index in [0.717, 1.165) is 6.54 Å². The Morgan fingerprint density at radius 3 is 2.80 bits per heavy atom. The van der Waals surface area contributed by atoms with Gasteiger partial charge >= 0.3 is 0 Å². The summed E-state index contributed by atoms with van der Waals surface area (Å²) in [7, 11) is 2.00. The molecule has 0 aromatic heterocycles. The summed E-state index contributed by atoms with van der Waals surface area (Å²) < 4.78 is 0. The minimum absolute atomic E-state index is 0. The molecule has 2 rings (SSSR count). The molecule has 0 bridgehead atoms. The Morgan fingerprint density at radius 2 is 2.07 bits per heavy atom. The van der Waals surface area contributed by atoms with Crippen LogP contribution in [0.15, 0.2) is 29.8 Å². The van der Waals surface area contributed by atoms with E-state index in [4.69, 9.17) is 0 Å². The van der Waals surface area contributed by atoms with Crippen LogP contribution < -0.4 is 5.32 Å². The predicted octanol–water partition coefficient (Wildman–Crippen LogP) is 2.49. The van der Waals surface area contributed by atoms with Crippen LogP contribution in [0, 0.1) is 6.08 Å². The first-order valence-corrected chi connectivity index (χ1v) is 5.17. The van der Waals surface area contributed by atoms with Gasteiger partial charge in [0.1, 0.15) is 0 Å². The zero-order valence-corrected chi connectivity index (χ0v) is 12.2. The van der Waals surface area contributed by atoms with E-state index in [1.54, 1.807) is 0 Å². The van der Waals surface area contributed by atoms with Crippen molar-refractivity contribution in [2.75, 3.05) is 13.6 Å². The van der Waals surface area contributed by atoms with Crippen LogP contribution >= 0.6 is 0 Å². The number of hydrogen-bond donors (Lipinski definition) is 1. The Morgan fingerprint density at radius 1 is 1.33 bits per heavy atom. The normalized spacial score (nSPS) is 18.0. The number of allylic oxidation sites excluding steroid dienone is 1. The molecule has 1 nitrogen and oxygen atoms in total. The molecule has 1 unspecified atom stereocenters. The minimum atomic E-state index is 0. The second-order valence-corrected chi connectivity index (χ2v) is 3.84. The van der Waals surface area contributed by atoms with Gasteiger partial charge in [0, 0.05) is 32.7 Å². The summed E-state index contributed by atoms with van der Waals surface area (Å²) in [4.78, 5) is 0. The van der Waals surface area contributed by atoms with Crippen molar-refractivity contribution in [3.8, 4) is 0 Å². The van der Waals surface area contributed by atoms with Gasteiger partial charge in [0.25, 0.3) is 0 Å². The van der Waals surface area contributed by atoms with Crippen molar-refractivity contribution in [1.29, 1.82) is 0 Å². The van der Waals surface area contributed by atoms with E-state index in [9.17, 15) is 0 Å². The fraction of sp³-hybridized carbons (Fsp3) is 0.385. The van der Waals surface area contributed by atoms with E-state index in [1.807, 2.05) is 7.05 Å². The molecule has 0 aliphatic heterocycles. The van der Waals surface area contributed by atoms with Gasteiger partial charge in [-0.25, -0.2) is 0 Å². The smallest absolute Gasteiger partial charge is 0 e. The van der Waals surface area contributed by atoms with E-state index >= 15 is 0 Å². The summed E-state index contributed by atoms with van der Waals surface area (Å²) in [5.74, 6) is 0.582. The maximum absolute atomic E-state index is 3.45. The fourth-order valence-corrected chi connectivity index (χ4v) is 2.11. The van der Waals surface area contributed by atoms with Crippen LogP contribution in [0.4, 0.5) is 0 Å². The second-order valence-electron chi connectivity index (χ2n) is 3.84. The van der Waals surface area contributed by atoms with E-state index in [0.29, 0.717) is 5.92 Å².